The van der Waals surface area contributed by atoms with Gasteiger partial charge in [-0.15, -0.1) is 0 Å². The van der Waals surface area contributed by atoms with E-state index in [1.54, 1.807) is 84.9 Å². The number of hydrogen-bond acceptors (Lipinski definition) is 6. The van der Waals surface area contributed by atoms with Crippen molar-refractivity contribution in [2.75, 3.05) is 14.2 Å². The van der Waals surface area contributed by atoms with E-state index in [9.17, 15) is 9.59 Å². The van der Waals surface area contributed by atoms with Crippen LogP contribution in [0.1, 0.15) is 31.8 Å². The summed E-state index contributed by atoms with van der Waals surface area (Å²) in [5.74, 6) is 0.533. The Morgan fingerprint density at radius 1 is 0.619 bits per heavy atom. The lowest BCUT2D eigenvalue weighted by molar-refractivity contribution is 0.0947. The lowest BCUT2D eigenvalue weighted by Crippen LogP contribution is -2.17. The SMILES string of the molecule is COc1cccc(C(=O)N/N=C/c2ccc(Cl)cc2Cl)c1.COc1cccc(C(=O)N/N=C/c2ccc(Cl)cc2Cl)c1. The summed E-state index contributed by atoms with van der Waals surface area (Å²) in [5, 5.41) is 9.74. The van der Waals surface area contributed by atoms with E-state index in [1.807, 2.05) is 0 Å². The summed E-state index contributed by atoms with van der Waals surface area (Å²) in [6.45, 7) is 0. The van der Waals surface area contributed by atoms with E-state index in [1.165, 1.54) is 26.6 Å². The van der Waals surface area contributed by atoms with Crippen molar-refractivity contribution in [1.82, 2.24) is 10.9 Å². The molecule has 12 heteroatoms. The van der Waals surface area contributed by atoms with E-state index in [2.05, 4.69) is 21.1 Å². The third kappa shape index (κ3) is 10.1. The molecule has 0 heterocycles. The zero-order valence-corrected chi connectivity index (χ0v) is 25.3. The lowest BCUT2D eigenvalue weighted by atomic mass is 10.2. The van der Waals surface area contributed by atoms with Gasteiger partial charge in [0.05, 0.1) is 36.7 Å². The fraction of sp³-hybridized carbons (Fsp3) is 0.0667. The van der Waals surface area contributed by atoms with Crippen LogP contribution in [0.4, 0.5) is 0 Å². The monoisotopic (exact) mass is 644 g/mol. The molecule has 4 rings (SSSR count). The number of halogens is 4. The normalized spacial score (nSPS) is 10.6. The van der Waals surface area contributed by atoms with Crippen LogP contribution < -0.4 is 20.3 Å². The van der Waals surface area contributed by atoms with Gasteiger partial charge in [-0.2, -0.15) is 10.2 Å². The number of carbonyl (C=O) groups is 2. The Kier molecular flexibility index (Phi) is 12.7. The summed E-state index contributed by atoms with van der Waals surface area (Å²) in [6.07, 6.45) is 2.91. The van der Waals surface area contributed by atoms with Crippen molar-refractivity contribution in [3.63, 3.8) is 0 Å². The van der Waals surface area contributed by atoms with Gasteiger partial charge in [-0.3, -0.25) is 9.59 Å². The number of carbonyl (C=O) groups excluding carboxylic acids is 2. The number of amides is 2. The third-order valence-electron chi connectivity index (χ3n) is 5.33. The Morgan fingerprint density at radius 3 is 1.38 bits per heavy atom. The number of methoxy groups -OCH3 is 2. The summed E-state index contributed by atoms with van der Waals surface area (Å²) >= 11 is 23.6. The topological polar surface area (TPSA) is 101 Å². The molecular formula is C30H24Cl4N4O4. The van der Waals surface area contributed by atoms with Gasteiger partial charge in [0.15, 0.2) is 0 Å². The Bertz CT molecular complexity index is 1490. The second kappa shape index (κ2) is 16.4. The molecule has 4 aromatic rings. The summed E-state index contributed by atoms with van der Waals surface area (Å²) < 4.78 is 10.1. The first kappa shape index (κ1) is 32.4. The van der Waals surface area contributed by atoms with Crippen molar-refractivity contribution in [2.45, 2.75) is 0 Å². The van der Waals surface area contributed by atoms with Gasteiger partial charge < -0.3 is 9.47 Å². The highest BCUT2D eigenvalue weighted by Gasteiger charge is 2.06. The quantitative estimate of drug-likeness (QED) is 0.153. The van der Waals surface area contributed by atoms with Crippen LogP contribution in [0, 0.1) is 0 Å². The fourth-order valence-electron chi connectivity index (χ4n) is 3.19. The van der Waals surface area contributed by atoms with E-state index in [4.69, 9.17) is 55.9 Å². The van der Waals surface area contributed by atoms with Crippen molar-refractivity contribution in [3.05, 3.63) is 127 Å². The van der Waals surface area contributed by atoms with Crippen molar-refractivity contribution in [3.8, 4) is 11.5 Å². The summed E-state index contributed by atoms with van der Waals surface area (Å²) in [7, 11) is 3.08. The molecule has 42 heavy (non-hydrogen) atoms. The summed E-state index contributed by atoms with van der Waals surface area (Å²) in [4.78, 5) is 23.8. The predicted molar refractivity (Wildman–Crippen MR) is 169 cm³/mol. The molecule has 0 fully saturated rings. The molecule has 0 aliphatic rings. The highest BCUT2D eigenvalue weighted by molar-refractivity contribution is 6.36. The van der Waals surface area contributed by atoms with Gasteiger partial charge >= 0.3 is 0 Å². The molecular weight excluding hydrogens is 622 g/mol. The molecule has 0 saturated heterocycles. The number of benzene rings is 4. The molecule has 0 bridgehead atoms. The molecule has 0 aliphatic carbocycles. The molecule has 2 amide bonds. The van der Waals surface area contributed by atoms with Crippen molar-refractivity contribution < 1.29 is 19.1 Å². The molecule has 0 radical (unpaired) electrons. The van der Waals surface area contributed by atoms with Gasteiger partial charge in [0.1, 0.15) is 11.5 Å². The smallest absolute Gasteiger partial charge is 0.271 e. The molecule has 0 aromatic heterocycles. The van der Waals surface area contributed by atoms with Crippen LogP contribution in [-0.4, -0.2) is 38.5 Å². The largest absolute Gasteiger partial charge is 0.497 e. The molecule has 0 aliphatic heterocycles. The molecule has 0 unspecified atom stereocenters. The minimum atomic E-state index is -0.338. The average molecular weight is 646 g/mol. The summed E-state index contributed by atoms with van der Waals surface area (Å²) in [5.41, 5.74) is 7.07. The Labute approximate surface area is 262 Å². The van der Waals surface area contributed by atoms with E-state index >= 15 is 0 Å². The minimum Gasteiger partial charge on any atom is -0.497 e. The molecule has 216 valence electrons. The van der Waals surface area contributed by atoms with Gasteiger partial charge in [0.2, 0.25) is 0 Å². The van der Waals surface area contributed by atoms with E-state index in [0.29, 0.717) is 53.8 Å². The highest BCUT2D eigenvalue weighted by atomic mass is 35.5. The second-order valence-corrected chi connectivity index (χ2v) is 9.88. The van der Waals surface area contributed by atoms with Crippen LogP contribution in [0.5, 0.6) is 11.5 Å². The maximum atomic E-state index is 11.9. The van der Waals surface area contributed by atoms with Crippen LogP contribution in [0.3, 0.4) is 0 Å². The molecule has 0 saturated carbocycles. The second-order valence-electron chi connectivity index (χ2n) is 8.19. The fourth-order valence-corrected chi connectivity index (χ4v) is 4.11. The number of hydrogen-bond donors (Lipinski definition) is 2. The Balaban J connectivity index is 0.000000230. The number of hydrazone groups is 2. The van der Waals surface area contributed by atoms with Crippen molar-refractivity contribution in [1.29, 1.82) is 0 Å². The zero-order valence-electron chi connectivity index (χ0n) is 22.3. The lowest BCUT2D eigenvalue weighted by Gasteiger charge is -2.03. The minimum absolute atomic E-state index is 0.338. The van der Waals surface area contributed by atoms with Crippen molar-refractivity contribution in [2.24, 2.45) is 10.2 Å². The van der Waals surface area contributed by atoms with Gasteiger partial charge in [-0.05, 0) is 60.7 Å². The van der Waals surface area contributed by atoms with Gasteiger partial charge in [-0.25, -0.2) is 10.9 Å². The molecule has 2 N–H and O–H groups in total. The number of nitrogens with one attached hydrogen (secondary N) is 2. The van der Waals surface area contributed by atoms with E-state index in [0.717, 1.165) is 0 Å². The Morgan fingerprint density at radius 2 is 1.02 bits per heavy atom. The predicted octanol–water partition coefficient (Wildman–Crippen LogP) is 7.53. The first-order chi connectivity index (χ1) is 20.2. The molecule has 4 aromatic carbocycles. The maximum absolute atomic E-state index is 11.9. The van der Waals surface area contributed by atoms with Gasteiger partial charge in [-0.1, -0.05) is 70.7 Å². The third-order valence-corrected chi connectivity index (χ3v) is 6.45. The number of ether oxygens (including phenoxy) is 2. The van der Waals surface area contributed by atoms with Crippen LogP contribution in [0.25, 0.3) is 0 Å². The Hall–Kier alpha value is -4.08. The van der Waals surface area contributed by atoms with Crippen LogP contribution in [0.2, 0.25) is 20.1 Å². The first-order valence-corrected chi connectivity index (χ1v) is 13.6. The molecule has 0 spiro atoms. The van der Waals surface area contributed by atoms with Gasteiger partial charge in [0, 0.05) is 32.3 Å². The van der Waals surface area contributed by atoms with Crippen LogP contribution >= 0.6 is 46.4 Å². The average Bonchev–Trinajstić information content (AvgIpc) is 2.99. The van der Waals surface area contributed by atoms with E-state index in [-0.39, 0.29) is 11.8 Å². The molecule has 8 nitrogen and oxygen atoms in total. The summed E-state index contributed by atoms with van der Waals surface area (Å²) in [6, 6.07) is 23.6. The van der Waals surface area contributed by atoms with E-state index < -0.39 is 0 Å². The molecule has 0 atom stereocenters. The van der Waals surface area contributed by atoms with Crippen LogP contribution in [-0.2, 0) is 0 Å². The van der Waals surface area contributed by atoms with Crippen LogP contribution in [0.15, 0.2) is 95.1 Å². The maximum Gasteiger partial charge on any atom is 0.271 e. The van der Waals surface area contributed by atoms with Crippen molar-refractivity contribution >= 4 is 70.6 Å². The standard InChI is InChI=1S/2C15H12Cl2N2O2/c2*1-21-13-4-2-3-10(7-13)15(20)19-18-9-11-5-6-12(16)8-14(11)17/h2*2-9H,1H3,(H,19,20)/b2*18-9+. The number of nitrogens with zero attached hydrogens (tertiary/aromatic N) is 2. The van der Waals surface area contributed by atoms with Gasteiger partial charge in [0.25, 0.3) is 11.8 Å². The highest BCUT2D eigenvalue weighted by Crippen LogP contribution is 2.20. The zero-order chi connectivity index (χ0) is 30.5. The first-order valence-electron chi connectivity index (χ1n) is 12.0. The number of rotatable bonds is 8.